The van der Waals surface area contributed by atoms with Crippen molar-refractivity contribution < 1.29 is 31.8 Å². The van der Waals surface area contributed by atoms with Crippen LogP contribution >= 0.6 is 0 Å². The fourth-order valence-electron chi connectivity index (χ4n) is 1.95. The first-order valence-electron chi connectivity index (χ1n) is 5.95. The van der Waals surface area contributed by atoms with Crippen molar-refractivity contribution in [3.8, 4) is 0 Å². The van der Waals surface area contributed by atoms with E-state index in [4.69, 9.17) is 9.84 Å². The number of aliphatic carboxylic acids is 1. The molecule has 2 rings (SSSR count). The lowest BCUT2D eigenvalue weighted by molar-refractivity contribution is -0.148. The Balaban J connectivity index is 2.29. The SMILES string of the molecule is CC1(C(=O)O)COCC1NS(=O)(=O)c1ccc(F)c(F)c1. The summed E-state index contributed by atoms with van der Waals surface area (Å²) in [6, 6.07) is 1.11. The van der Waals surface area contributed by atoms with Gasteiger partial charge in [-0.15, -0.1) is 0 Å². The Labute approximate surface area is 119 Å². The first-order valence-corrected chi connectivity index (χ1v) is 7.43. The van der Waals surface area contributed by atoms with Crippen molar-refractivity contribution in [2.45, 2.75) is 17.9 Å². The Bertz CT molecular complexity index is 678. The van der Waals surface area contributed by atoms with Gasteiger partial charge in [0.25, 0.3) is 0 Å². The fourth-order valence-corrected chi connectivity index (χ4v) is 3.29. The number of rotatable bonds is 4. The van der Waals surface area contributed by atoms with E-state index in [0.29, 0.717) is 12.1 Å². The van der Waals surface area contributed by atoms with Crippen LogP contribution in [0.1, 0.15) is 6.92 Å². The molecule has 2 atom stereocenters. The van der Waals surface area contributed by atoms with Crippen LogP contribution in [0.4, 0.5) is 8.78 Å². The van der Waals surface area contributed by atoms with Crippen molar-refractivity contribution in [2.75, 3.05) is 13.2 Å². The molecular weight excluding hydrogens is 308 g/mol. The highest BCUT2D eigenvalue weighted by Crippen LogP contribution is 2.30. The largest absolute Gasteiger partial charge is 0.481 e. The number of halogens is 2. The summed E-state index contributed by atoms with van der Waals surface area (Å²) >= 11 is 0. The number of carboxylic acid groups (broad SMARTS) is 1. The number of ether oxygens (including phenoxy) is 1. The van der Waals surface area contributed by atoms with Gasteiger partial charge >= 0.3 is 5.97 Å². The van der Waals surface area contributed by atoms with Crippen LogP contribution in [0.2, 0.25) is 0 Å². The molecule has 0 aromatic heterocycles. The lowest BCUT2D eigenvalue weighted by Crippen LogP contribution is -2.49. The molecule has 1 aliphatic rings. The first kappa shape index (κ1) is 15.8. The number of sulfonamides is 1. The van der Waals surface area contributed by atoms with Gasteiger partial charge < -0.3 is 9.84 Å². The van der Waals surface area contributed by atoms with E-state index in [-0.39, 0.29) is 13.2 Å². The van der Waals surface area contributed by atoms with E-state index < -0.39 is 44.0 Å². The van der Waals surface area contributed by atoms with Gasteiger partial charge in [0.05, 0.1) is 24.2 Å². The number of hydrogen-bond acceptors (Lipinski definition) is 4. The zero-order valence-corrected chi connectivity index (χ0v) is 11.8. The van der Waals surface area contributed by atoms with Crippen molar-refractivity contribution in [2.24, 2.45) is 5.41 Å². The molecule has 0 aliphatic carbocycles. The van der Waals surface area contributed by atoms with E-state index in [1.54, 1.807) is 0 Å². The number of nitrogens with one attached hydrogen (secondary N) is 1. The molecule has 21 heavy (non-hydrogen) atoms. The molecule has 0 amide bonds. The minimum absolute atomic E-state index is 0.119. The average molecular weight is 321 g/mol. The molecule has 0 radical (unpaired) electrons. The molecule has 1 heterocycles. The molecule has 1 fully saturated rings. The topological polar surface area (TPSA) is 92.7 Å². The van der Waals surface area contributed by atoms with Gasteiger partial charge in [0.15, 0.2) is 11.6 Å². The summed E-state index contributed by atoms with van der Waals surface area (Å²) in [7, 11) is -4.19. The van der Waals surface area contributed by atoms with E-state index in [2.05, 4.69) is 4.72 Å². The maximum atomic E-state index is 13.1. The highest BCUT2D eigenvalue weighted by Gasteiger charge is 2.48. The summed E-state index contributed by atoms with van der Waals surface area (Å²) in [6.07, 6.45) is 0. The van der Waals surface area contributed by atoms with E-state index >= 15 is 0 Å². The Kier molecular flexibility index (Phi) is 4.00. The lowest BCUT2D eigenvalue weighted by atomic mass is 9.86. The summed E-state index contributed by atoms with van der Waals surface area (Å²) in [5.41, 5.74) is -1.42. The predicted octanol–water partition coefficient (Wildman–Crippen LogP) is 0.733. The zero-order chi connectivity index (χ0) is 15.8. The van der Waals surface area contributed by atoms with Crippen LogP contribution in [0.25, 0.3) is 0 Å². The van der Waals surface area contributed by atoms with Crippen LogP contribution in [0, 0.1) is 17.0 Å². The van der Waals surface area contributed by atoms with Crippen LogP contribution in [0.3, 0.4) is 0 Å². The molecule has 0 saturated carbocycles. The molecule has 1 aromatic rings. The Morgan fingerprint density at radius 2 is 2.10 bits per heavy atom. The van der Waals surface area contributed by atoms with Gasteiger partial charge in [-0.1, -0.05) is 0 Å². The minimum atomic E-state index is -4.19. The van der Waals surface area contributed by atoms with Gasteiger partial charge in [0, 0.05) is 0 Å². The summed E-state index contributed by atoms with van der Waals surface area (Å²) in [6.45, 7) is 1.08. The van der Waals surface area contributed by atoms with E-state index in [1.807, 2.05) is 0 Å². The number of benzene rings is 1. The summed E-state index contributed by atoms with van der Waals surface area (Å²) in [5.74, 6) is -3.69. The fraction of sp³-hybridized carbons (Fsp3) is 0.417. The molecule has 116 valence electrons. The number of carbonyl (C=O) groups is 1. The van der Waals surface area contributed by atoms with E-state index in [9.17, 15) is 22.0 Å². The first-order chi connectivity index (χ1) is 9.67. The third-order valence-electron chi connectivity index (χ3n) is 3.44. The average Bonchev–Trinajstić information content (AvgIpc) is 2.75. The van der Waals surface area contributed by atoms with Gasteiger partial charge in [0.1, 0.15) is 5.41 Å². The van der Waals surface area contributed by atoms with Crippen molar-refractivity contribution >= 4 is 16.0 Å². The second-order valence-electron chi connectivity index (χ2n) is 4.99. The second kappa shape index (κ2) is 5.32. The standard InChI is InChI=1S/C12H13F2NO5S/c1-12(11(16)17)6-20-5-10(12)15-21(18,19)7-2-3-8(13)9(14)4-7/h2-4,10,15H,5-6H2,1H3,(H,16,17). The van der Waals surface area contributed by atoms with Crippen molar-refractivity contribution in [1.29, 1.82) is 0 Å². The van der Waals surface area contributed by atoms with Crippen LogP contribution in [0.15, 0.2) is 23.1 Å². The molecule has 2 N–H and O–H groups in total. The van der Waals surface area contributed by atoms with Gasteiger partial charge in [-0.3, -0.25) is 4.79 Å². The normalized spacial score (nSPS) is 26.0. The van der Waals surface area contributed by atoms with Crippen LogP contribution in [-0.2, 0) is 19.6 Å². The Morgan fingerprint density at radius 1 is 1.43 bits per heavy atom. The molecule has 2 unspecified atom stereocenters. The molecule has 0 spiro atoms. The predicted molar refractivity (Wildman–Crippen MR) is 67.0 cm³/mol. The van der Waals surface area contributed by atoms with Crippen LogP contribution in [-0.4, -0.2) is 38.7 Å². The summed E-state index contributed by atoms with van der Waals surface area (Å²) in [5, 5.41) is 9.17. The maximum Gasteiger partial charge on any atom is 0.313 e. The molecule has 1 saturated heterocycles. The van der Waals surface area contributed by atoms with Crippen LogP contribution in [0.5, 0.6) is 0 Å². The summed E-state index contributed by atoms with van der Waals surface area (Å²) in [4.78, 5) is 10.7. The van der Waals surface area contributed by atoms with Crippen molar-refractivity contribution in [1.82, 2.24) is 4.72 Å². The Hall–Kier alpha value is -1.58. The third kappa shape index (κ3) is 2.89. The van der Waals surface area contributed by atoms with Gasteiger partial charge in [-0.05, 0) is 25.1 Å². The second-order valence-corrected chi connectivity index (χ2v) is 6.70. The van der Waals surface area contributed by atoms with Crippen molar-refractivity contribution in [3.05, 3.63) is 29.8 Å². The monoisotopic (exact) mass is 321 g/mol. The third-order valence-corrected chi connectivity index (χ3v) is 4.91. The van der Waals surface area contributed by atoms with Crippen LogP contribution < -0.4 is 4.72 Å². The molecule has 0 bridgehead atoms. The molecule has 9 heteroatoms. The molecule has 1 aromatic carbocycles. The van der Waals surface area contributed by atoms with Gasteiger partial charge in [0.2, 0.25) is 10.0 Å². The van der Waals surface area contributed by atoms with Crippen molar-refractivity contribution in [3.63, 3.8) is 0 Å². The highest BCUT2D eigenvalue weighted by atomic mass is 32.2. The van der Waals surface area contributed by atoms with E-state index in [1.165, 1.54) is 6.92 Å². The smallest absolute Gasteiger partial charge is 0.313 e. The number of hydrogen-bond donors (Lipinski definition) is 2. The highest BCUT2D eigenvalue weighted by molar-refractivity contribution is 7.89. The molecule has 6 nitrogen and oxygen atoms in total. The molecular formula is C12H13F2NO5S. The quantitative estimate of drug-likeness (QED) is 0.853. The minimum Gasteiger partial charge on any atom is -0.481 e. The zero-order valence-electron chi connectivity index (χ0n) is 11.0. The Morgan fingerprint density at radius 3 is 2.67 bits per heavy atom. The lowest BCUT2D eigenvalue weighted by Gasteiger charge is -2.25. The summed E-state index contributed by atoms with van der Waals surface area (Å²) < 4.78 is 57.4. The maximum absolute atomic E-state index is 13.1. The molecule has 1 aliphatic heterocycles. The van der Waals surface area contributed by atoms with Gasteiger partial charge in [-0.25, -0.2) is 21.9 Å². The van der Waals surface area contributed by atoms with Gasteiger partial charge in [-0.2, -0.15) is 0 Å². The number of carboxylic acids is 1. The van der Waals surface area contributed by atoms with E-state index in [0.717, 1.165) is 6.07 Å².